The van der Waals surface area contributed by atoms with Crippen molar-refractivity contribution in [3.05, 3.63) is 46.7 Å². The molecule has 1 atom stereocenters. The van der Waals surface area contributed by atoms with Crippen molar-refractivity contribution in [1.29, 1.82) is 0 Å². The third kappa shape index (κ3) is 5.70. The van der Waals surface area contributed by atoms with Crippen LogP contribution in [0.15, 0.2) is 30.3 Å². The summed E-state index contributed by atoms with van der Waals surface area (Å²) >= 11 is 6.08. The third-order valence-corrected chi connectivity index (χ3v) is 6.19. The Kier molecular flexibility index (Phi) is 7.30. The minimum Gasteiger partial charge on any atom is -0.493 e. The molecule has 1 unspecified atom stereocenters. The fourth-order valence-electron chi connectivity index (χ4n) is 3.80. The molecule has 202 valence electrons. The highest BCUT2D eigenvalue weighted by Crippen LogP contribution is 2.39. The molecule has 0 bridgehead atoms. The van der Waals surface area contributed by atoms with E-state index < -0.39 is 29.4 Å². The molecule has 38 heavy (non-hydrogen) atoms. The zero-order chi connectivity index (χ0) is 27.8. The van der Waals surface area contributed by atoms with Gasteiger partial charge in [0.15, 0.2) is 0 Å². The predicted molar refractivity (Wildman–Crippen MR) is 125 cm³/mol. The lowest BCUT2D eigenvalue weighted by molar-refractivity contribution is -0.176. The molecule has 1 aliphatic carbocycles. The molecule has 1 aromatic heterocycles. The number of nitrogens with zero attached hydrogens (tertiary/aromatic N) is 4. The van der Waals surface area contributed by atoms with Crippen LogP contribution in [-0.4, -0.2) is 55.5 Å². The number of aromatic nitrogens is 4. The molecule has 2 aromatic carbocycles. The molecule has 4 N–H and O–H groups in total. The van der Waals surface area contributed by atoms with Crippen molar-refractivity contribution in [3.8, 4) is 28.3 Å². The summed E-state index contributed by atoms with van der Waals surface area (Å²) in [5, 5.41) is 22.0. The van der Waals surface area contributed by atoms with Crippen molar-refractivity contribution in [1.82, 2.24) is 25.5 Å². The molecular formula is C23H21ClF4N6O4. The van der Waals surface area contributed by atoms with Crippen LogP contribution in [0.2, 0.25) is 5.02 Å². The van der Waals surface area contributed by atoms with Gasteiger partial charge < -0.3 is 20.9 Å². The number of ether oxygens (including phenoxy) is 1. The lowest BCUT2D eigenvalue weighted by Crippen LogP contribution is -2.48. The minimum atomic E-state index is -5.02. The molecule has 0 spiro atoms. The van der Waals surface area contributed by atoms with Crippen LogP contribution in [0.1, 0.15) is 30.9 Å². The number of amides is 1. The van der Waals surface area contributed by atoms with Gasteiger partial charge >= 0.3 is 18.1 Å². The van der Waals surface area contributed by atoms with Gasteiger partial charge in [-0.05, 0) is 47.4 Å². The summed E-state index contributed by atoms with van der Waals surface area (Å²) in [7, 11) is 1.62. The van der Waals surface area contributed by atoms with Crippen LogP contribution in [-0.2, 0) is 16.6 Å². The predicted octanol–water partition coefficient (Wildman–Crippen LogP) is 3.40. The normalized spacial score (nSPS) is 17.4. The monoisotopic (exact) mass is 556 g/mol. The number of aliphatic carboxylic acids is 1. The van der Waals surface area contributed by atoms with Crippen LogP contribution in [0.4, 0.5) is 17.6 Å². The summed E-state index contributed by atoms with van der Waals surface area (Å²) in [6, 6.07) is 8.48. The SMILES string of the molecule is Cn1nnc(-c2c(F)cc(Cl)cc2-c2ccc3c(c2)OCCC3N)n1.O=C(NC1(C(=O)O)CC1)C(F)(F)F. The first kappa shape index (κ1) is 27.3. The lowest BCUT2D eigenvalue weighted by Gasteiger charge is -2.23. The van der Waals surface area contributed by atoms with E-state index in [0.717, 1.165) is 17.5 Å². The van der Waals surface area contributed by atoms with E-state index in [-0.39, 0.29) is 35.3 Å². The van der Waals surface area contributed by atoms with E-state index in [2.05, 4.69) is 15.4 Å². The average molecular weight is 557 g/mol. The van der Waals surface area contributed by atoms with Crippen LogP contribution in [0.3, 0.4) is 0 Å². The smallest absolute Gasteiger partial charge is 0.471 e. The molecule has 0 saturated heterocycles. The Morgan fingerprint density at radius 1 is 1.26 bits per heavy atom. The highest BCUT2D eigenvalue weighted by atomic mass is 35.5. The van der Waals surface area contributed by atoms with Crippen molar-refractivity contribution < 1.29 is 37.0 Å². The number of halogens is 5. The number of nitrogens with two attached hydrogens (primary N) is 1. The Balaban J connectivity index is 0.000000219. The summed E-state index contributed by atoms with van der Waals surface area (Å²) in [5.74, 6) is -3.24. The van der Waals surface area contributed by atoms with Gasteiger partial charge in [-0.1, -0.05) is 23.7 Å². The molecule has 15 heteroatoms. The number of hydrogen-bond acceptors (Lipinski definition) is 7. The van der Waals surface area contributed by atoms with Crippen LogP contribution in [0.25, 0.3) is 22.5 Å². The second-order valence-electron chi connectivity index (χ2n) is 8.75. The number of alkyl halides is 3. The molecule has 5 rings (SSSR count). The number of fused-ring (bicyclic) bond motifs is 1. The van der Waals surface area contributed by atoms with Gasteiger partial charge in [0, 0.05) is 23.0 Å². The van der Waals surface area contributed by atoms with E-state index in [9.17, 15) is 27.2 Å². The molecule has 0 radical (unpaired) electrons. The van der Waals surface area contributed by atoms with Gasteiger partial charge in [-0.2, -0.15) is 18.0 Å². The molecule has 2 heterocycles. The number of benzene rings is 2. The zero-order valence-electron chi connectivity index (χ0n) is 19.7. The standard InChI is InChI=1S/C17H15ClFN5O.C6H6F3NO3/c1-24-22-17(21-23-24)16-12(7-10(18)8-13(16)19)9-2-3-11-14(20)4-5-25-15(11)6-9;7-6(8,9)3(11)10-5(1-2-5)4(12)13/h2-3,6-8,14H,4-5,20H2,1H3;1-2H2,(H,10,11)(H,12,13). The zero-order valence-corrected chi connectivity index (χ0v) is 20.5. The lowest BCUT2D eigenvalue weighted by atomic mass is 9.94. The average Bonchev–Trinajstić information content (AvgIpc) is 3.50. The first-order valence-electron chi connectivity index (χ1n) is 11.2. The van der Waals surface area contributed by atoms with Crippen molar-refractivity contribution in [2.45, 2.75) is 37.0 Å². The van der Waals surface area contributed by atoms with E-state index in [1.165, 1.54) is 16.2 Å². The summed E-state index contributed by atoms with van der Waals surface area (Å²) in [6.07, 6.45) is -4.16. The second kappa shape index (κ2) is 10.2. The highest BCUT2D eigenvalue weighted by Gasteiger charge is 2.55. The Hall–Kier alpha value is -3.78. The summed E-state index contributed by atoms with van der Waals surface area (Å²) in [6.45, 7) is 0.556. The topological polar surface area (TPSA) is 145 Å². The van der Waals surface area contributed by atoms with E-state index in [1.807, 2.05) is 18.2 Å². The van der Waals surface area contributed by atoms with Gasteiger partial charge in [-0.25, -0.2) is 9.18 Å². The fourth-order valence-corrected chi connectivity index (χ4v) is 4.01. The van der Waals surface area contributed by atoms with E-state index in [4.69, 9.17) is 27.2 Å². The second-order valence-corrected chi connectivity index (χ2v) is 9.18. The van der Waals surface area contributed by atoms with E-state index >= 15 is 0 Å². The quantitative estimate of drug-likeness (QED) is 0.415. The summed E-state index contributed by atoms with van der Waals surface area (Å²) < 4.78 is 55.3. The van der Waals surface area contributed by atoms with Gasteiger partial charge in [0.05, 0.1) is 19.2 Å². The van der Waals surface area contributed by atoms with E-state index in [0.29, 0.717) is 17.9 Å². The number of tetrazole rings is 1. The number of nitrogens with one attached hydrogen (secondary N) is 1. The number of aryl methyl sites for hydroxylation is 1. The Morgan fingerprint density at radius 2 is 1.97 bits per heavy atom. The highest BCUT2D eigenvalue weighted by molar-refractivity contribution is 6.31. The first-order valence-corrected chi connectivity index (χ1v) is 11.6. The number of carboxylic acid groups (broad SMARTS) is 1. The molecule has 10 nitrogen and oxygen atoms in total. The van der Waals surface area contributed by atoms with Gasteiger partial charge in [0.1, 0.15) is 17.1 Å². The minimum absolute atomic E-state index is 0.0458. The maximum atomic E-state index is 14.6. The Morgan fingerprint density at radius 3 is 2.55 bits per heavy atom. The largest absolute Gasteiger partial charge is 0.493 e. The van der Waals surface area contributed by atoms with Crippen molar-refractivity contribution in [2.24, 2.45) is 12.8 Å². The summed E-state index contributed by atoms with van der Waals surface area (Å²) in [4.78, 5) is 22.0. The molecule has 1 aliphatic heterocycles. The maximum absolute atomic E-state index is 14.6. The number of carbonyl (C=O) groups excluding carboxylic acids is 1. The molecular weight excluding hydrogens is 536 g/mol. The van der Waals surface area contributed by atoms with Crippen LogP contribution >= 0.6 is 11.6 Å². The fraction of sp³-hybridized carbons (Fsp3) is 0.348. The molecule has 1 fully saturated rings. The number of hydrogen-bond donors (Lipinski definition) is 3. The number of carbonyl (C=O) groups is 2. The third-order valence-electron chi connectivity index (χ3n) is 5.97. The van der Waals surface area contributed by atoms with Crippen molar-refractivity contribution >= 4 is 23.5 Å². The van der Waals surface area contributed by atoms with Crippen LogP contribution < -0.4 is 15.8 Å². The molecule has 1 amide bonds. The molecule has 3 aromatic rings. The molecule has 2 aliphatic rings. The van der Waals surface area contributed by atoms with Gasteiger partial charge in [-0.15, -0.1) is 10.2 Å². The Bertz CT molecular complexity index is 1390. The van der Waals surface area contributed by atoms with Gasteiger partial charge in [0.2, 0.25) is 5.82 Å². The van der Waals surface area contributed by atoms with Crippen LogP contribution in [0.5, 0.6) is 5.75 Å². The maximum Gasteiger partial charge on any atom is 0.471 e. The van der Waals surface area contributed by atoms with Gasteiger partial charge in [0.25, 0.3) is 0 Å². The van der Waals surface area contributed by atoms with Crippen molar-refractivity contribution in [2.75, 3.05) is 6.61 Å². The Labute approximate surface area is 217 Å². The van der Waals surface area contributed by atoms with E-state index in [1.54, 1.807) is 13.1 Å². The number of rotatable bonds is 4. The van der Waals surface area contributed by atoms with Crippen LogP contribution in [0, 0.1) is 5.82 Å². The molecule has 1 saturated carbocycles. The first-order chi connectivity index (χ1) is 17.8. The summed E-state index contributed by atoms with van der Waals surface area (Å²) in [5.41, 5.74) is 6.95. The number of carboxylic acids is 1. The van der Waals surface area contributed by atoms with Gasteiger partial charge in [-0.3, -0.25) is 4.79 Å². The van der Waals surface area contributed by atoms with Crippen molar-refractivity contribution in [3.63, 3.8) is 0 Å².